The van der Waals surface area contributed by atoms with Crippen LogP contribution in [0.3, 0.4) is 0 Å². The Kier molecular flexibility index (Phi) is 14.9. The average Bonchev–Trinajstić information content (AvgIpc) is 3.42. The van der Waals surface area contributed by atoms with Crippen molar-refractivity contribution in [2.45, 2.75) is 118 Å². The van der Waals surface area contributed by atoms with Gasteiger partial charge >= 0.3 is 5.97 Å². The SMILES string of the molecule is O=C(CCC(=O)ON1C(=O)CCC1=O)NCCO[C@@H]1O[C@H](COC2O[C@H](CO)[C@@H](O)[C@H](O)[C@@H]2O)[C@@H](O)[C@H](O[C@H]2O[C@H](CO)[C@@H](O)[C@H](O)[C@@H]2O)[C@@H]1O. The summed E-state index contributed by atoms with van der Waals surface area (Å²) in [5.41, 5.74) is 0. The van der Waals surface area contributed by atoms with Gasteiger partial charge in [-0.3, -0.25) is 14.4 Å². The van der Waals surface area contributed by atoms with Crippen LogP contribution >= 0.6 is 0 Å². The van der Waals surface area contributed by atoms with E-state index >= 15 is 0 Å². The molecule has 0 saturated carbocycles. The molecule has 292 valence electrons. The van der Waals surface area contributed by atoms with Crippen LogP contribution in [0.4, 0.5) is 0 Å². The van der Waals surface area contributed by atoms with Crippen LogP contribution < -0.4 is 5.32 Å². The lowest BCUT2D eigenvalue weighted by molar-refractivity contribution is -0.366. The van der Waals surface area contributed by atoms with Gasteiger partial charge in [-0.05, 0) is 0 Å². The number of carbonyl (C=O) groups excluding carboxylic acids is 4. The van der Waals surface area contributed by atoms with Crippen molar-refractivity contribution >= 4 is 23.7 Å². The molecule has 15 atom stereocenters. The number of aliphatic hydroxyl groups excluding tert-OH is 10. The van der Waals surface area contributed by atoms with E-state index in [-0.39, 0.29) is 26.0 Å². The van der Waals surface area contributed by atoms with E-state index in [1.54, 1.807) is 0 Å². The molecule has 4 fully saturated rings. The number of aliphatic hydroxyl groups is 10. The fourth-order valence-electron chi connectivity index (χ4n) is 5.54. The maximum Gasteiger partial charge on any atom is 0.333 e. The summed E-state index contributed by atoms with van der Waals surface area (Å²) in [6.45, 7) is -2.83. The molecule has 0 spiro atoms. The number of nitrogens with one attached hydrogen (secondary N) is 1. The van der Waals surface area contributed by atoms with Crippen LogP contribution in [0, 0.1) is 0 Å². The van der Waals surface area contributed by atoms with Gasteiger partial charge in [0.05, 0.1) is 32.8 Å². The zero-order valence-corrected chi connectivity index (χ0v) is 26.9. The van der Waals surface area contributed by atoms with E-state index in [2.05, 4.69) is 10.2 Å². The summed E-state index contributed by atoms with van der Waals surface area (Å²) >= 11 is 0. The van der Waals surface area contributed by atoms with Gasteiger partial charge in [0.1, 0.15) is 73.2 Å². The Bertz CT molecular complexity index is 1180. The van der Waals surface area contributed by atoms with Gasteiger partial charge in [0, 0.05) is 25.8 Å². The van der Waals surface area contributed by atoms with Crippen molar-refractivity contribution in [2.24, 2.45) is 0 Å². The summed E-state index contributed by atoms with van der Waals surface area (Å²) < 4.78 is 32.8. The maximum atomic E-state index is 12.2. The van der Waals surface area contributed by atoms with Gasteiger partial charge in [-0.25, -0.2) is 4.79 Å². The molecule has 0 radical (unpaired) electrons. The van der Waals surface area contributed by atoms with Gasteiger partial charge in [-0.1, -0.05) is 0 Å². The number of hydroxylamine groups is 2. The molecule has 3 amide bonds. The van der Waals surface area contributed by atoms with Gasteiger partial charge in [-0.2, -0.15) is 0 Å². The van der Waals surface area contributed by atoms with Crippen LogP contribution in [0.15, 0.2) is 0 Å². The minimum atomic E-state index is -1.93. The Morgan fingerprint density at radius 2 is 1.20 bits per heavy atom. The number of imide groups is 1. The molecule has 23 heteroatoms. The van der Waals surface area contributed by atoms with Crippen molar-refractivity contribution in [3.8, 4) is 0 Å². The van der Waals surface area contributed by atoms with Crippen molar-refractivity contribution in [2.75, 3.05) is 33.0 Å². The second kappa shape index (κ2) is 18.5. The first-order valence-electron chi connectivity index (χ1n) is 16.0. The molecule has 0 aromatic heterocycles. The molecule has 4 aliphatic heterocycles. The Hall–Kier alpha value is -2.56. The van der Waals surface area contributed by atoms with E-state index in [4.69, 9.17) is 28.4 Å². The number of rotatable bonds is 15. The quantitative estimate of drug-likeness (QED) is 0.0548. The lowest BCUT2D eigenvalue weighted by atomic mass is 9.96. The summed E-state index contributed by atoms with van der Waals surface area (Å²) in [5.74, 6) is -3.02. The molecule has 1 unspecified atom stereocenters. The Morgan fingerprint density at radius 1 is 0.667 bits per heavy atom. The van der Waals surface area contributed by atoms with E-state index in [0.717, 1.165) is 0 Å². The third kappa shape index (κ3) is 9.91. The van der Waals surface area contributed by atoms with E-state index in [1.807, 2.05) is 0 Å². The van der Waals surface area contributed by atoms with Crippen LogP contribution in [0.5, 0.6) is 0 Å². The van der Waals surface area contributed by atoms with Crippen LogP contribution in [-0.2, 0) is 52.4 Å². The fourth-order valence-corrected chi connectivity index (χ4v) is 5.54. The minimum absolute atomic E-state index is 0.0996. The van der Waals surface area contributed by atoms with E-state index < -0.39 is 148 Å². The number of ether oxygens (including phenoxy) is 6. The Labute approximate surface area is 288 Å². The summed E-state index contributed by atoms with van der Waals surface area (Å²) in [4.78, 5) is 52.0. The second-order valence-corrected chi connectivity index (χ2v) is 12.1. The second-order valence-electron chi connectivity index (χ2n) is 12.1. The molecule has 4 saturated heterocycles. The number of hydrogen-bond donors (Lipinski definition) is 11. The number of amides is 3. The lowest BCUT2D eigenvalue weighted by Gasteiger charge is -2.46. The first kappa shape index (κ1) is 41.2. The van der Waals surface area contributed by atoms with Gasteiger partial charge in [0.2, 0.25) is 5.91 Å². The monoisotopic (exact) mass is 744 g/mol. The highest BCUT2D eigenvalue weighted by molar-refractivity contribution is 6.01. The van der Waals surface area contributed by atoms with E-state index in [0.29, 0.717) is 5.06 Å². The summed E-state index contributed by atoms with van der Waals surface area (Å²) in [7, 11) is 0. The standard InChI is InChI=1S/C28H44N2O21/c31-7-10-17(37)20(40)22(42)26(47-10)46-9-12-19(39)25(50-28-23(43)21(41)18(38)11(8-32)48-28)24(44)27(49-12)45-6-5-29-13(33)1-4-16(36)51-30-14(34)2-3-15(30)35/h10-12,17-28,31-32,37-44H,1-9H2,(H,29,33)/t10-,11-,12-,17-,18-,19-,20+,21+,22+,23+,24+,25+,26?,27-,28-/m1/s1. The van der Waals surface area contributed by atoms with Gasteiger partial charge < -0.3 is 89.6 Å². The van der Waals surface area contributed by atoms with E-state index in [1.165, 1.54) is 0 Å². The molecule has 4 rings (SSSR count). The lowest BCUT2D eigenvalue weighted by Crippen LogP contribution is -2.65. The molecule has 0 bridgehead atoms. The highest BCUT2D eigenvalue weighted by Crippen LogP contribution is 2.31. The van der Waals surface area contributed by atoms with Crippen LogP contribution in [-0.4, -0.2) is 205 Å². The summed E-state index contributed by atoms with van der Waals surface area (Å²) in [5, 5.41) is 105. The molecule has 51 heavy (non-hydrogen) atoms. The number of nitrogens with zero attached hydrogens (tertiary/aromatic N) is 1. The largest absolute Gasteiger partial charge is 0.394 e. The average molecular weight is 745 g/mol. The molecule has 0 aromatic rings. The predicted octanol–water partition coefficient (Wildman–Crippen LogP) is -8.05. The summed E-state index contributed by atoms with van der Waals surface area (Å²) in [6.07, 6.45) is -26.8. The smallest absolute Gasteiger partial charge is 0.333 e. The van der Waals surface area contributed by atoms with Gasteiger partial charge in [-0.15, -0.1) is 5.06 Å². The van der Waals surface area contributed by atoms with Crippen LogP contribution in [0.1, 0.15) is 25.7 Å². The molecule has 4 heterocycles. The van der Waals surface area contributed by atoms with Crippen molar-refractivity contribution < 1.29 is 104 Å². The first-order valence-corrected chi connectivity index (χ1v) is 16.0. The maximum absolute atomic E-state index is 12.2. The molecule has 0 aliphatic carbocycles. The minimum Gasteiger partial charge on any atom is -0.394 e. The molecular weight excluding hydrogens is 700 g/mol. The number of hydrogen-bond acceptors (Lipinski definition) is 21. The first-order chi connectivity index (χ1) is 24.2. The van der Waals surface area contributed by atoms with Crippen molar-refractivity contribution in [3.05, 3.63) is 0 Å². The third-order valence-corrected chi connectivity index (χ3v) is 8.52. The van der Waals surface area contributed by atoms with Crippen molar-refractivity contribution in [1.82, 2.24) is 10.4 Å². The predicted molar refractivity (Wildman–Crippen MR) is 154 cm³/mol. The molecule has 0 aromatic carbocycles. The Morgan fingerprint density at radius 3 is 1.78 bits per heavy atom. The van der Waals surface area contributed by atoms with Gasteiger partial charge in [0.25, 0.3) is 11.8 Å². The third-order valence-electron chi connectivity index (χ3n) is 8.52. The zero-order valence-electron chi connectivity index (χ0n) is 26.9. The molecule has 11 N–H and O–H groups in total. The zero-order chi connectivity index (χ0) is 37.6. The molecular formula is C28H44N2O21. The topological polar surface area (TPSA) is 350 Å². The highest BCUT2D eigenvalue weighted by Gasteiger charge is 2.52. The van der Waals surface area contributed by atoms with E-state index in [9.17, 15) is 70.2 Å². The number of carbonyl (C=O) groups is 4. The van der Waals surface area contributed by atoms with Crippen LogP contribution in [0.25, 0.3) is 0 Å². The van der Waals surface area contributed by atoms with Crippen LogP contribution in [0.2, 0.25) is 0 Å². The normalized spacial score (nSPS) is 40.4. The molecule has 4 aliphatic rings. The molecule has 23 nitrogen and oxygen atoms in total. The Balaban J connectivity index is 1.36. The highest BCUT2D eigenvalue weighted by atomic mass is 16.8. The fraction of sp³-hybridized carbons (Fsp3) is 0.857. The van der Waals surface area contributed by atoms with Gasteiger partial charge in [0.15, 0.2) is 18.9 Å². The van der Waals surface area contributed by atoms with Crippen molar-refractivity contribution in [1.29, 1.82) is 0 Å². The summed E-state index contributed by atoms with van der Waals surface area (Å²) in [6, 6.07) is 0. The van der Waals surface area contributed by atoms with Crippen molar-refractivity contribution in [3.63, 3.8) is 0 Å².